The number of aliphatic carboxylic acids is 1. The van der Waals surface area contributed by atoms with Crippen molar-refractivity contribution < 1.29 is 9.90 Å². The number of carbonyl (C=O) groups is 1. The molecule has 3 nitrogen and oxygen atoms in total. The molecule has 0 aliphatic carbocycles. The van der Waals surface area contributed by atoms with Gasteiger partial charge in [-0.05, 0) is 30.4 Å². The minimum atomic E-state index is -0.689. The number of nitrogens with one attached hydrogen (secondary N) is 1. The Labute approximate surface area is 95.5 Å². The second-order valence-corrected chi connectivity index (χ2v) is 4.48. The molecule has 1 aliphatic rings. The first kappa shape index (κ1) is 11.1. The Hall–Kier alpha value is -1.35. The maximum atomic E-state index is 11.0. The SMILES string of the molecule is Cc1ccccc1[C@@H]1CNC[C@H](C(=O)O)C1. The van der Waals surface area contributed by atoms with Gasteiger partial charge in [-0.25, -0.2) is 0 Å². The number of hydrogen-bond acceptors (Lipinski definition) is 2. The van der Waals surface area contributed by atoms with Crippen LogP contribution in [0.2, 0.25) is 0 Å². The summed E-state index contributed by atoms with van der Waals surface area (Å²) in [6.45, 7) is 3.56. The highest BCUT2D eigenvalue weighted by Crippen LogP contribution is 2.28. The molecular weight excluding hydrogens is 202 g/mol. The highest BCUT2D eigenvalue weighted by molar-refractivity contribution is 5.70. The number of carboxylic acid groups (broad SMARTS) is 1. The molecule has 16 heavy (non-hydrogen) atoms. The van der Waals surface area contributed by atoms with Gasteiger partial charge in [-0.1, -0.05) is 24.3 Å². The standard InChI is InChI=1S/C13H17NO2/c1-9-4-2-3-5-12(9)10-6-11(13(15)16)8-14-7-10/h2-5,10-11,14H,6-8H2,1H3,(H,15,16)/t10-,11+/m0/s1. The largest absolute Gasteiger partial charge is 0.481 e. The van der Waals surface area contributed by atoms with Crippen molar-refractivity contribution >= 4 is 5.97 Å². The fourth-order valence-electron chi connectivity index (χ4n) is 2.41. The summed E-state index contributed by atoms with van der Waals surface area (Å²) >= 11 is 0. The molecule has 1 saturated heterocycles. The molecule has 1 aromatic rings. The molecule has 2 N–H and O–H groups in total. The van der Waals surface area contributed by atoms with E-state index in [1.165, 1.54) is 11.1 Å². The molecule has 1 aromatic carbocycles. The molecule has 0 saturated carbocycles. The van der Waals surface area contributed by atoms with Gasteiger partial charge in [0.05, 0.1) is 5.92 Å². The van der Waals surface area contributed by atoms with Crippen LogP contribution in [0, 0.1) is 12.8 Å². The molecular formula is C13H17NO2. The number of rotatable bonds is 2. The lowest BCUT2D eigenvalue weighted by Crippen LogP contribution is -2.38. The van der Waals surface area contributed by atoms with E-state index in [0.29, 0.717) is 12.5 Å². The summed E-state index contributed by atoms with van der Waals surface area (Å²) in [6, 6.07) is 8.22. The van der Waals surface area contributed by atoms with Gasteiger partial charge in [0.15, 0.2) is 0 Å². The average molecular weight is 219 g/mol. The fourth-order valence-corrected chi connectivity index (χ4v) is 2.41. The molecule has 0 bridgehead atoms. The van der Waals surface area contributed by atoms with Crippen molar-refractivity contribution in [3.63, 3.8) is 0 Å². The van der Waals surface area contributed by atoms with Crippen LogP contribution in [0.4, 0.5) is 0 Å². The fraction of sp³-hybridized carbons (Fsp3) is 0.462. The molecule has 0 amide bonds. The van der Waals surface area contributed by atoms with E-state index in [1.807, 2.05) is 12.1 Å². The van der Waals surface area contributed by atoms with Gasteiger partial charge in [-0.2, -0.15) is 0 Å². The third kappa shape index (κ3) is 2.25. The number of carboxylic acids is 1. The van der Waals surface area contributed by atoms with Crippen LogP contribution in [0.25, 0.3) is 0 Å². The molecule has 86 valence electrons. The van der Waals surface area contributed by atoms with Crippen LogP contribution in [0.3, 0.4) is 0 Å². The van der Waals surface area contributed by atoms with E-state index in [-0.39, 0.29) is 5.92 Å². The zero-order valence-electron chi connectivity index (χ0n) is 9.44. The van der Waals surface area contributed by atoms with Crippen molar-refractivity contribution in [2.24, 2.45) is 5.92 Å². The van der Waals surface area contributed by atoms with Crippen LogP contribution in [0.15, 0.2) is 24.3 Å². The molecule has 0 unspecified atom stereocenters. The Morgan fingerprint density at radius 1 is 1.38 bits per heavy atom. The predicted molar refractivity (Wildman–Crippen MR) is 62.5 cm³/mol. The monoisotopic (exact) mass is 219 g/mol. The summed E-state index contributed by atoms with van der Waals surface area (Å²) in [5.41, 5.74) is 2.53. The Morgan fingerprint density at radius 3 is 2.81 bits per heavy atom. The maximum Gasteiger partial charge on any atom is 0.307 e. The molecule has 2 rings (SSSR count). The Bertz CT molecular complexity index is 389. The highest BCUT2D eigenvalue weighted by Gasteiger charge is 2.28. The first-order valence-electron chi connectivity index (χ1n) is 5.67. The van der Waals surface area contributed by atoms with Gasteiger partial charge in [0, 0.05) is 13.1 Å². The van der Waals surface area contributed by atoms with Crippen molar-refractivity contribution in [2.45, 2.75) is 19.3 Å². The summed E-state index contributed by atoms with van der Waals surface area (Å²) < 4.78 is 0. The van der Waals surface area contributed by atoms with Crippen LogP contribution >= 0.6 is 0 Å². The minimum Gasteiger partial charge on any atom is -0.481 e. The van der Waals surface area contributed by atoms with Gasteiger partial charge in [0.25, 0.3) is 0 Å². The molecule has 0 spiro atoms. The Morgan fingerprint density at radius 2 is 2.12 bits per heavy atom. The molecule has 1 heterocycles. The van der Waals surface area contributed by atoms with Crippen LogP contribution in [-0.2, 0) is 4.79 Å². The van der Waals surface area contributed by atoms with Crippen molar-refractivity contribution in [1.82, 2.24) is 5.32 Å². The Balaban J connectivity index is 2.16. The first-order chi connectivity index (χ1) is 7.68. The van der Waals surface area contributed by atoms with E-state index in [1.54, 1.807) is 0 Å². The lowest BCUT2D eigenvalue weighted by atomic mass is 9.84. The van der Waals surface area contributed by atoms with Crippen LogP contribution < -0.4 is 5.32 Å². The lowest BCUT2D eigenvalue weighted by molar-refractivity contribution is -0.142. The van der Waals surface area contributed by atoms with Crippen LogP contribution in [0.1, 0.15) is 23.5 Å². The van der Waals surface area contributed by atoms with Gasteiger partial charge in [0.1, 0.15) is 0 Å². The summed E-state index contributed by atoms with van der Waals surface area (Å²) in [7, 11) is 0. The number of aryl methyl sites for hydroxylation is 1. The smallest absolute Gasteiger partial charge is 0.307 e. The molecule has 0 radical (unpaired) electrons. The molecule has 3 heteroatoms. The molecule has 2 atom stereocenters. The zero-order chi connectivity index (χ0) is 11.5. The molecule has 1 aliphatic heterocycles. The molecule has 0 aromatic heterocycles. The van der Waals surface area contributed by atoms with Crippen molar-refractivity contribution in [3.8, 4) is 0 Å². The van der Waals surface area contributed by atoms with Gasteiger partial charge < -0.3 is 10.4 Å². The van der Waals surface area contributed by atoms with Crippen molar-refractivity contribution in [1.29, 1.82) is 0 Å². The number of piperidine rings is 1. The van der Waals surface area contributed by atoms with Gasteiger partial charge in [-0.15, -0.1) is 0 Å². The second kappa shape index (κ2) is 4.66. The zero-order valence-corrected chi connectivity index (χ0v) is 9.44. The van der Waals surface area contributed by atoms with E-state index < -0.39 is 5.97 Å². The van der Waals surface area contributed by atoms with E-state index in [9.17, 15) is 4.79 Å². The summed E-state index contributed by atoms with van der Waals surface area (Å²) in [5.74, 6) is -0.611. The summed E-state index contributed by atoms with van der Waals surface area (Å²) in [6.07, 6.45) is 0.743. The lowest BCUT2D eigenvalue weighted by Gasteiger charge is -2.28. The van der Waals surface area contributed by atoms with E-state index >= 15 is 0 Å². The van der Waals surface area contributed by atoms with E-state index in [2.05, 4.69) is 24.4 Å². The van der Waals surface area contributed by atoms with Crippen LogP contribution in [0.5, 0.6) is 0 Å². The number of hydrogen-bond donors (Lipinski definition) is 2. The third-order valence-electron chi connectivity index (χ3n) is 3.33. The average Bonchev–Trinajstić information content (AvgIpc) is 2.30. The second-order valence-electron chi connectivity index (χ2n) is 4.48. The molecule has 1 fully saturated rings. The van der Waals surface area contributed by atoms with E-state index in [0.717, 1.165) is 13.0 Å². The van der Waals surface area contributed by atoms with Crippen LogP contribution in [-0.4, -0.2) is 24.2 Å². The first-order valence-corrected chi connectivity index (χ1v) is 5.67. The minimum absolute atomic E-state index is 0.252. The van der Waals surface area contributed by atoms with Crippen molar-refractivity contribution in [3.05, 3.63) is 35.4 Å². The maximum absolute atomic E-state index is 11.0. The van der Waals surface area contributed by atoms with Crippen molar-refractivity contribution in [2.75, 3.05) is 13.1 Å². The van der Waals surface area contributed by atoms with Gasteiger partial charge >= 0.3 is 5.97 Å². The Kier molecular flexibility index (Phi) is 3.25. The predicted octanol–water partition coefficient (Wildman–Crippen LogP) is 1.77. The normalized spacial score (nSPS) is 25.3. The quantitative estimate of drug-likeness (QED) is 0.797. The third-order valence-corrected chi connectivity index (χ3v) is 3.33. The topological polar surface area (TPSA) is 49.3 Å². The van der Waals surface area contributed by atoms with E-state index in [4.69, 9.17) is 5.11 Å². The number of benzene rings is 1. The highest BCUT2D eigenvalue weighted by atomic mass is 16.4. The van der Waals surface area contributed by atoms with Gasteiger partial charge in [0.2, 0.25) is 0 Å². The van der Waals surface area contributed by atoms with Gasteiger partial charge in [-0.3, -0.25) is 4.79 Å². The summed E-state index contributed by atoms with van der Waals surface area (Å²) in [5, 5.41) is 12.2. The summed E-state index contributed by atoms with van der Waals surface area (Å²) in [4.78, 5) is 11.0.